The van der Waals surface area contributed by atoms with E-state index in [0.717, 1.165) is 50.6 Å². The summed E-state index contributed by atoms with van der Waals surface area (Å²) in [6.07, 6.45) is 6.23. The van der Waals surface area contributed by atoms with Crippen LogP contribution >= 0.6 is 0 Å². The Balaban J connectivity index is 1.38. The average Bonchev–Trinajstić information content (AvgIpc) is 3.61. The lowest BCUT2D eigenvalue weighted by molar-refractivity contribution is -0.254. The Labute approximate surface area is 270 Å². The summed E-state index contributed by atoms with van der Waals surface area (Å²) in [4.78, 5) is 14.8. The molecule has 6 nitrogen and oxygen atoms in total. The maximum Gasteiger partial charge on any atom is 0.185 e. The molecule has 9 unspecified atom stereocenters. The number of ketones is 1. The van der Waals surface area contributed by atoms with E-state index in [1.54, 1.807) is 0 Å². The highest BCUT2D eigenvalue weighted by molar-refractivity contribution is 5.90. The molecule has 240 valence electrons. The molecule has 0 amide bonds. The van der Waals surface area contributed by atoms with Gasteiger partial charge in [-0.25, -0.2) is 0 Å². The Bertz CT molecular complexity index is 1810. The molecule has 7 bridgehead atoms. The van der Waals surface area contributed by atoms with Crippen LogP contribution in [0.3, 0.4) is 0 Å². The number of fused-ring (bicyclic) bond motifs is 6. The van der Waals surface area contributed by atoms with Gasteiger partial charge in [-0.2, -0.15) is 0 Å². The number of aliphatic hydroxyl groups is 4. The van der Waals surface area contributed by atoms with E-state index in [0.29, 0.717) is 32.1 Å². The van der Waals surface area contributed by atoms with Gasteiger partial charge in [0.05, 0.1) is 17.6 Å². The van der Waals surface area contributed by atoms with Gasteiger partial charge in [-0.3, -0.25) is 4.79 Å². The molecule has 0 heterocycles. The number of methoxy groups -OCH3 is 1. The Kier molecular flexibility index (Phi) is 6.69. The zero-order valence-electron chi connectivity index (χ0n) is 26.7. The fourth-order valence-electron chi connectivity index (χ4n) is 11.1. The highest BCUT2D eigenvalue weighted by Gasteiger charge is 2.80. The third-order valence-corrected chi connectivity index (χ3v) is 13.2. The number of aliphatic hydroxyl groups excluding tert-OH is 3. The van der Waals surface area contributed by atoms with Crippen molar-refractivity contribution in [1.29, 1.82) is 0 Å². The van der Waals surface area contributed by atoms with Gasteiger partial charge in [-0.15, -0.1) is 0 Å². The van der Waals surface area contributed by atoms with E-state index in [9.17, 15) is 25.2 Å². The molecule has 3 aromatic carbocycles. The van der Waals surface area contributed by atoms with Crippen molar-refractivity contribution in [3.05, 3.63) is 101 Å². The van der Waals surface area contributed by atoms with Gasteiger partial charge < -0.3 is 25.2 Å². The maximum atomic E-state index is 14.8. The van der Waals surface area contributed by atoms with Gasteiger partial charge in [0.15, 0.2) is 5.79 Å². The van der Waals surface area contributed by atoms with Gasteiger partial charge >= 0.3 is 0 Å². The summed E-state index contributed by atoms with van der Waals surface area (Å²) in [5.41, 5.74) is 3.49. The van der Waals surface area contributed by atoms with Crippen LogP contribution < -0.4 is 0 Å². The summed E-state index contributed by atoms with van der Waals surface area (Å²) in [6.45, 7) is 6.41. The second-order valence-electron chi connectivity index (χ2n) is 15.1. The molecule has 5 aliphatic carbocycles. The molecule has 2 spiro atoms. The number of Topliss-reactive ketones (excluding diaryl/α,β-unsaturated/α-hetero) is 1. The number of hydrogen-bond acceptors (Lipinski definition) is 6. The lowest BCUT2D eigenvalue weighted by Gasteiger charge is -2.48. The van der Waals surface area contributed by atoms with E-state index >= 15 is 0 Å². The molecule has 5 aliphatic rings. The number of hydrogen-bond donors (Lipinski definition) is 4. The molecule has 4 N–H and O–H groups in total. The maximum absolute atomic E-state index is 14.8. The van der Waals surface area contributed by atoms with Crippen LogP contribution in [-0.4, -0.2) is 57.9 Å². The molecule has 46 heavy (non-hydrogen) atoms. The second kappa shape index (κ2) is 10.2. The molecular formula is C40H44O6. The van der Waals surface area contributed by atoms with Crippen molar-refractivity contribution in [2.75, 3.05) is 13.7 Å². The van der Waals surface area contributed by atoms with Gasteiger partial charge in [0.1, 0.15) is 5.78 Å². The normalized spacial score (nSPS) is 39.7. The quantitative estimate of drug-likeness (QED) is 0.227. The summed E-state index contributed by atoms with van der Waals surface area (Å²) >= 11 is 0. The summed E-state index contributed by atoms with van der Waals surface area (Å²) < 4.78 is 5.95. The Morgan fingerprint density at radius 3 is 2.54 bits per heavy atom. The van der Waals surface area contributed by atoms with Crippen molar-refractivity contribution in [1.82, 2.24) is 0 Å². The fraction of sp³-hybridized carbons (Fsp3) is 0.475. The monoisotopic (exact) mass is 620 g/mol. The lowest BCUT2D eigenvalue weighted by Crippen LogP contribution is -2.56. The zero-order chi connectivity index (χ0) is 32.2. The third-order valence-electron chi connectivity index (χ3n) is 13.2. The first-order valence-electron chi connectivity index (χ1n) is 16.8. The molecule has 3 saturated carbocycles. The minimum atomic E-state index is -1.77. The van der Waals surface area contributed by atoms with Crippen molar-refractivity contribution < 1.29 is 30.0 Å². The van der Waals surface area contributed by atoms with Crippen molar-refractivity contribution in [2.45, 2.75) is 81.2 Å². The fourth-order valence-corrected chi connectivity index (χ4v) is 11.1. The number of carbonyl (C=O) groups is 1. The highest BCUT2D eigenvalue weighted by atomic mass is 16.6. The standard InChI is InChI=1S/C40H44O6/c1-23-35-29(22-41)20-39(40(35,45)46-3)34(44)12-8-24-5-4-6-30(16-24)38(14-13-31(42)21-38)36-32-18-28-15-25(19-37(23,39)2)7-9-26(28)17-27(32)10-11-33(36)43/h4-7,9-11,15-18,29,31,33,35-36,41-43,45H,1,8,12-14,19-22H2,2-3H3. The topological polar surface area (TPSA) is 107 Å². The average molecular weight is 621 g/mol. The molecule has 0 radical (unpaired) electrons. The number of rotatable bonds is 2. The summed E-state index contributed by atoms with van der Waals surface area (Å²) in [5, 5.41) is 47.6. The first-order valence-corrected chi connectivity index (χ1v) is 16.8. The lowest BCUT2D eigenvalue weighted by atomic mass is 9.55. The first kappa shape index (κ1) is 30.2. The molecular weight excluding hydrogens is 576 g/mol. The Morgan fingerprint density at radius 1 is 0.978 bits per heavy atom. The zero-order valence-corrected chi connectivity index (χ0v) is 26.7. The number of benzene rings is 3. The van der Waals surface area contributed by atoms with Crippen LogP contribution in [-0.2, 0) is 27.8 Å². The van der Waals surface area contributed by atoms with Crippen LogP contribution in [0.2, 0.25) is 0 Å². The predicted octanol–water partition coefficient (Wildman–Crippen LogP) is 5.38. The van der Waals surface area contributed by atoms with Crippen LogP contribution in [0, 0.1) is 22.7 Å². The van der Waals surface area contributed by atoms with Crippen LogP contribution in [0.4, 0.5) is 0 Å². The molecule has 3 aromatic rings. The largest absolute Gasteiger partial charge is 0.396 e. The molecule has 0 saturated heterocycles. The molecule has 0 aromatic heterocycles. The van der Waals surface area contributed by atoms with Crippen LogP contribution in [0.25, 0.3) is 16.8 Å². The van der Waals surface area contributed by atoms with E-state index < -0.39 is 40.2 Å². The SMILES string of the molecule is C=C1C2C(CO)CC3(C(=O)CCc4cccc(c4)C4(CCC(O)C4)C4c5cc6cc(ccc6cc5C=CC4O)CC13C)C2(O)OC. The van der Waals surface area contributed by atoms with Crippen LogP contribution in [0.5, 0.6) is 0 Å². The smallest absolute Gasteiger partial charge is 0.185 e. The van der Waals surface area contributed by atoms with E-state index in [4.69, 9.17) is 4.74 Å². The van der Waals surface area contributed by atoms with Gasteiger partial charge in [0.25, 0.3) is 0 Å². The number of carbonyl (C=O) groups excluding carboxylic acids is 1. The van der Waals surface area contributed by atoms with Crippen molar-refractivity contribution in [3.63, 3.8) is 0 Å². The van der Waals surface area contributed by atoms with Crippen molar-refractivity contribution >= 4 is 22.6 Å². The molecule has 8 rings (SSSR count). The number of aryl methyl sites for hydroxylation is 1. The second-order valence-corrected chi connectivity index (χ2v) is 15.1. The Morgan fingerprint density at radius 2 is 1.80 bits per heavy atom. The van der Waals surface area contributed by atoms with Gasteiger partial charge in [-0.05, 0) is 89.1 Å². The van der Waals surface area contributed by atoms with Crippen molar-refractivity contribution in [3.8, 4) is 0 Å². The minimum Gasteiger partial charge on any atom is -0.396 e. The molecule has 0 aliphatic heterocycles. The first-order chi connectivity index (χ1) is 22.0. The number of ether oxygens (including phenoxy) is 1. The summed E-state index contributed by atoms with van der Waals surface area (Å²) in [7, 11) is 1.47. The highest BCUT2D eigenvalue weighted by Crippen LogP contribution is 2.74. The Hall–Kier alpha value is -3.13. The summed E-state index contributed by atoms with van der Waals surface area (Å²) in [5.74, 6) is -2.95. The van der Waals surface area contributed by atoms with E-state index in [1.807, 2.05) is 24.3 Å². The molecule has 3 fully saturated rings. The van der Waals surface area contributed by atoms with Crippen molar-refractivity contribution in [2.24, 2.45) is 22.7 Å². The van der Waals surface area contributed by atoms with Crippen LogP contribution in [0.1, 0.15) is 72.8 Å². The summed E-state index contributed by atoms with van der Waals surface area (Å²) in [6, 6.07) is 19.2. The predicted molar refractivity (Wildman–Crippen MR) is 177 cm³/mol. The van der Waals surface area contributed by atoms with Gasteiger partial charge in [0, 0.05) is 42.8 Å². The van der Waals surface area contributed by atoms with Crippen LogP contribution in [0.15, 0.2) is 72.8 Å². The minimum absolute atomic E-state index is 0.0667. The van der Waals surface area contributed by atoms with E-state index in [2.05, 4.69) is 56.0 Å². The van der Waals surface area contributed by atoms with Gasteiger partial charge in [0.2, 0.25) is 0 Å². The molecule has 6 heteroatoms. The van der Waals surface area contributed by atoms with E-state index in [-0.39, 0.29) is 30.6 Å². The molecule has 9 atom stereocenters. The van der Waals surface area contributed by atoms with E-state index in [1.165, 1.54) is 7.11 Å². The van der Waals surface area contributed by atoms with Gasteiger partial charge in [-0.1, -0.05) is 79.8 Å². The third kappa shape index (κ3) is 3.74.